The van der Waals surface area contributed by atoms with E-state index in [-0.39, 0.29) is 23.1 Å². The Kier molecular flexibility index (Phi) is 2.95. The molecule has 2 aliphatic rings. The molecule has 114 valence electrons. The fourth-order valence-electron chi connectivity index (χ4n) is 3.47. The van der Waals surface area contributed by atoms with Crippen molar-refractivity contribution in [1.29, 1.82) is 0 Å². The SMILES string of the molecule is Cc1ccc2[nH]c(O)c(N=NC(=O)[C@@H]3CC34CCC4)c2c1Br. The Morgan fingerprint density at radius 2 is 2.23 bits per heavy atom. The summed E-state index contributed by atoms with van der Waals surface area (Å²) >= 11 is 3.51. The zero-order valence-corrected chi connectivity index (χ0v) is 13.8. The minimum absolute atomic E-state index is 0.0440. The highest BCUT2D eigenvalue weighted by molar-refractivity contribution is 9.10. The van der Waals surface area contributed by atoms with Gasteiger partial charge in [0.2, 0.25) is 5.88 Å². The van der Waals surface area contributed by atoms with E-state index in [0.29, 0.717) is 5.69 Å². The van der Waals surface area contributed by atoms with E-state index in [4.69, 9.17) is 0 Å². The van der Waals surface area contributed by atoms with Crippen LogP contribution in [0.15, 0.2) is 26.8 Å². The Labute approximate surface area is 136 Å². The van der Waals surface area contributed by atoms with Crippen molar-refractivity contribution in [2.24, 2.45) is 21.6 Å². The highest BCUT2D eigenvalue weighted by Crippen LogP contribution is 2.65. The van der Waals surface area contributed by atoms with Crippen molar-refractivity contribution in [3.05, 3.63) is 22.2 Å². The van der Waals surface area contributed by atoms with Crippen LogP contribution in [-0.4, -0.2) is 16.0 Å². The maximum Gasteiger partial charge on any atom is 0.268 e. The number of carbonyl (C=O) groups excluding carboxylic acids is 1. The van der Waals surface area contributed by atoms with Crippen molar-refractivity contribution in [3.8, 4) is 5.88 Å². The highest BCUT2D eigenvalue weighted by Gasteiger charge is 2.61. The van der Waals surface area contributed by atoms with Crippen molar-refractivity contribution in [1.82, 2.24) is 4.98 Å². The summed E-state index contributed by atoms with van der Waals surface area (Å²) in [5.74, 6) is -0.174. The summed E-state index contributed by atoms with van der Waals surface area (Å²) in [5.41, 5.74) is 2.36. The van der Waals surface area contributed by atoms with Crippen LogP contribution < -0.4 is 0 Å². The van der Waals surface area contributed by atoms with Gasteiger partial charge in [-0.3, -0.25) is 4.79 Å². The van der Waals surface area contributed by atoms with E-state index in [9.17, 15) is 9.90 Å². The van der Waals surface area contributed by atoms with E-state index in [1.54, 1.807) is 0 Å². The fraction of sp³-hybridized carbons (Fsp3) is 0.438. The van der Waals surface area contributed by atoms with Gasteiger partial charge in [0.25, 0.3) is 5.91 Å². The maximum atomic E-state index is 12.1. The first-order chi connectivity index (χ1) is 10.5. The molecule has 2 aromatic rings. The second-order valence-electron chi connectivity index (χ2n) is 6.45. The van der Waals surface area contributed by atoms with Gasteiger partial charge in [-0.25, -0.2) is 0 Å². The number of carbonyl (C=O) groups is 1. The number of hydrogen-bond acceptors (Lipinski definition) is 3. The second kappa shape index (κ2) is 4.65. The number of benzene rings is 1. The van der Waals surface area contributed by atoms with Crippen LogP contribution in [0.1, 0.15) is 31.2 Å². The van der Waals surface area contributed by atoms with E-state index in [1.807, 2.05) is 19.1 Å². The summed E-state index contributed by atoms with van der Waals surface area (Å²) in [4.78, 5) is 15.0. The Morgan fingerprint density at radius 3 is 2.86 bits per heavy atom. The number of aromatic hydroxyl groups is 1. The van der Waals surface area contributed by atoms with Crippen LogP contribution in [0.2, 0.25) is 0 Å². The molecule has 2 fully saturated rings. The normalized spacial score (nSPS) is 22.4. The predicted octanol–water partition coefficient (Wildman–Crippen LogP) is 4.74. The molecule has 0 saturated heterocycles. The molecule has 2 saturated carbocycles. The fourth-order valence-corrected chi connectivity index (χ4v) is 4.00. The number of fused-ring (bicyclic) bond motifs is 1. The van der Waals surface area contributed by atoms with Crippen molar-refractivity contribution in [2.75, 3.05) is 0 Å². The van der Waals surface area contributed by atoms with Gasteiger partial charge in [0.15, 0.2) is 5.69 Å². The van der Waals surface area contributed by atoms with E-state index >= 15 is 0 Å². The molecule has 2 N–H and O–H groups in total. The van der Waals surface area contributed by atoms with Crippen LogP contribution in [0.5, 0.6) is 5.88 Å². The number of aromatic amines is 1. The first-order valence-electron chi connectivity index (χ1n) is 7.47. The minimum atomic E-state index is -0.155. The van der Waals surface area contributed by atoms with Crippen molar-refractivity contribution in [3.63, 3.8) is 0 Å². The molecule has 1 atom stereocenters. The average molecular weight is 362 g/mol. The van der Waals surface area contributed by atoms with Gasteiger partial charge in [0.1, 0.15) is 0 Å². The van der Waals surface area contributed by atoms with Crippen LogP contribution in [0, 0.1) is 18.3 Å². The number of aromatic nitrogens is 1. The molecule has 0 radical (unpaired) electrons. The molecule has 0 aliphatic heterocycles. The average Bonchev–Trinajstić information content (AvgIpc) is 3.14. The Hall–Kier alpha value is -1.69. The summed E-state index contributed by atoms with van der Waals surface area (Å²) < 4.78 is 0.852. The van der Waals surface area contributed by atoms with Crippen LogP contribution in [0.3, 0.4) is 0 Å². The number of aryl methyl sites for hydroxylation is 1. The summed E-state index contributed by atoms with van der Waals surface area (Å²) in [6.45, 7) is 1.96. The molecule has 2 aliphatic carbocycles. The summed E-state index contributed by atoms with van der Waals surface area (Å²) in [5, 5.41) is 18.7. The highest BCUT2D eigenvalue weighted by atomic mass is 79.9. The minimum Gasteiger partial charge on any atom is -0.493 e. The third-order valence-corrected chi connectivity index (χ3v) is 6.16. The number of nitrogens with one attached hydrogen (secondary N) is 1. The van der Waals surface area contributed by atoms with Crippen LogP contribution in [-0.2, 0) is 4.79 Å². The molecule has 4 rings (SSSR count). The molecule has 1 heterocycles. The largest absolute Gasteiger partial charge is 0.493 e. The molecule has 0 bridgehead atoms. The maximum absolute atomic E-state index is 12.1. The predicted molar refractivity (Wildman–Crippen MR) is 86.3 cm³/mol. The zero-order chi connectivity index (χ0) is 15.5. The van der Waals surface area contributed by atoms with Gasteiger partial charge in [0.05, 0.1) is 5.52 Å². The van der Waals surface area contributed by atoms with E-state index in [1.165, 1.54) is 6.42 Å². The topological polar surface area (TPSA) is 77.8 Å². The number of H-pyrrole nitrogens is 1. The molecule has 1 aromatic carbocycles. The van der Waals surface area contributed by atoms with Gasteiger partial charge in [-0.15, -0.1) is 10.2 Å². The molecule has 1 aromatic heterocycles. The first kappa shape index (κ1) is 13.9. The summed E-state index contributed by atoms with van der Waals surface area (Å²) in [6.07, 6.45) is 4.45. The third kappa shape index (κ3) is 1.93. The Bertz CT molecular complexity index is 820. The molecule has 6 heteroatoms. The summed E-state index contributed by atoms with van der Waals surface area (Å²) in [6, 6.07) is 3.82. The van der Waals surface area contributed by atoms with E-state index in [2.05, 4.69) is 31.1 Å². The quantitative estimate of drug-likeness (QED) is 0.757. The molecule has 1 spiro atoms. The molecule has 5 nitrogen and oxygen atoms in total. The second-order valence-corrected chi connectivity index (χ2v) is 7.25. The van der Waals surface area contributed by atoms with Crippen molar-refractivity contribution in [2.45, 2.75) is 32.6 Å². The smallest absolute Gasteiger partial charge is 0.268 e. The number of azo groups is 1. The van der Waals surface area contributed by atoms with E-state index < -0.39 is 0 Å². The standard InChI is InChI=1S/C16H16BrN3O2/c1-8-3-4-10-11(12(8)17)13(15(22)18-10)19-20-14(21)9-7-16(9)5-2-6-16/h3-4,9,18,22H,2,5-7H2,1H3/t9-/m0/s1. The monoisotopic (exact) mass is 361 g/mol. The van der Waals surface area contributed by atoms with Gasteiger partial charge < -0.3 is 10.1 Å². The molecular formula is C16H16BrN3O2. The van der Waals surface area contributed by atoms with Crippen molar-refractivity contribution >= 4 is 38.4 Å². The molecular weight excluding hydrogens is 346 g/mol. The number of amides is 1. The molecule has 0 unspecified atom stereocenters. The van der Waals surface area contributed by atoms with Gasteiger partial charge in [-0.1, -0.05) is 12.5 Å². The summed E-state index contributed by atoms with van der Waals surface area (Å²) in [7, 11) is 0. The van der Waals surface area contributed by atoms with Crippen LogP contribution in [0.25, 0.3) is 10.9 Å². The van der Waals surface area contributed by atoms with Gasteiger partial charge in [0, 0.05) is 15.8 Å². The third-order valence-electron chi connectivity index (χ3n) is 5.13. The van der Waals surface area contributed by atoms with Crippen LogP contribution >= 0.6 is 15.9 Å². The van der Waals surface area contributed by atoms with E-state index in [0.717, 1.165) is 40.2 Å². The number of rotatable bonds is 2. The Morgan fingerprint density at radius 1 is 1.45 bits per heavy atom. The zero-order valence-electron chi connectivity index (χ0n) is 12.2. The lowest BCUT2D eigenvalue weighted by Gasteiger charge is -2.25. The molecule has 1 amide bonds. The lowest BCUT2D eigenvalue weighted by atomic mass is 9.80. The van der Waals surface area contributed by atoms with Crippen LogP contribution in [0.4, 0.5) is 5.69 Å². The van der Waals surface area contributed by atoms with Gasteiger partial charge in [-0.05, 0) is 59.2 Å². The van der Waals surface area contributed by atoms with Crippen molar-refractivity contribution < 1.29 is 9.90 Å². The first-order valence-corrected chi connectivity index (χ1v) is 8.26. The lowest BCUT2D eigenvalue weighted by Crippen LogP contribution is -2.17. The number of nitrogens with zero attached hydrogens (tertiary/aromatic N) is 2. The number of hydrogen-bond donors (Lipinski definition) is 2. The Balaban J connectivity index is 1.66. The number of halogens is 1. The van der Waals surface area contributed by atoms with Gasteiger partial charge >= 0.3 is 0 Å². The molecule has 22 heavy (non-hydrogen) atoms. The van der Waals surface area contributed by atoms with Gasteiger partial charge in [-0.2, -0.15) is 0 Å². The lowest BCUT2D eigenvalue weighted by molar-refractivity contribution is -0.120.